The number of amides is 2. The molecule has 33 heavy (non-hydrogen) atoms. The summed E-state index contributed by atoms with van der Waals surface area (Å²) in [5.41, 5.74) is 3.17. The summed E-state index contributed by atoms with van der Waals surface area (Å²) >= 11 is 11.6. The molecule has 0 heterocycles. The van der Waals surface area contributed by atoms with Gasteiger partial charge in [0.05, 0.1) is 11.1 Å². The molecular weight excluding hydrogens is 471 g/mol. The van der Waals surface area contributed by atoms with Gasteiger partial charge < -0.3 is 10.1 Å². The number of nitrogens with zero attached hydrogens (tertiary/aromatic N) is 2. The molecule has 0 aliphatic carbocycles. The lowest BCUT2D eigenvalue weighted by Crippen LogP contribution is -2.20. The highest BCUT2D eigenvalue weighted by atomic mass is 35.5. The summed E-state index contributed by atoms with van der Waals surface area (Å²) in [6.07, 6.45) is 1.39. The molecule has 3 rings (SSSR count). The molecule has 0 bridgehead atoms. The number of hydrogen-bond donors (Lipinski definition) is 2. The highest BCUT2D eigenvalue weighted by Gasteiger charge is 2.16. The van der Waals surface area contributed by atoms with Gasteiger partial charge in [0.2, 0.25) is 0 Å². The number of anilines is 1. The summed E-state index contributed by atoms with van der Waals surface area (Å²) in [5.74, 6) is -0.504. The molecule has 0 saturated heterocycles. The first-order chi connectivity index (χ1) is 15.8. The molecule has 0 spiro atoms. The zero-order valence-corrected chi connectivity index (χ0v) is 18.3. The van der Waals surface area contributed by atoms with E-state index in [-0.39, 0.29) is 28.8 Å². The van der Waals surface area contributed by atoms with Crippen LogP contribution in [0, 0.1) is 10.1 Å². The van der Waals surface area contributed by atoms with Crippen molar-refractivity contribution in [3.63, 3.8) is 0 Å². The van der Waals surface area contributed by atoms with Crippen molar-refractivity contribution in [2.45, 2.75) is 0 Å². The van der Waals surface area contributed by atoms with Crippen LogP contribution in [0.25, 0.3) is 0 Å². The maximum Gasteiger partial charge on any atom is 0.288 e. The Balaban J connectivity index is 1.50. The number of hydrogen-bond acceptors (Lipinski definition) is 6. The fraction of sp³-hybridized carbons (Fsp3) is 0.0455. The lowest BCUT2D eigenvalue weighted by Gasteiger charge is -2.08. The minimum Gasteiger partial charge on any atom is -0.484 e. The maximum absolute atomic E-state index is 12.1. The molecule has 0 atom stereocenters. The largest absolute Gasteiger partial charge is 0.484 e. The lowest BCUT2D eigenvalue weighted by molar-refractivity contribution is -0.384. The predicted octanol–water partition coefficient (Wildman–Crippen LogP) is 4.68. The second-order valence-electron chi connectivity index (χ2n) is 6.54. The number of benzene rings is 3. The Kier molecular flexibility index (Phi) is 7.96. The van der Waals surface area contributed by atoms with Gasteiger partial charge in [-0.1, -0.05) is 29.3 Å². The Hall–Kier alpha value is -3.95. The van der Waals surface area contributed by atoms with Gasteiger partial charge in [-0.05, 0) is 60.2 Å². The number of rotatable bonds is 8. The van der Waals surface area contributed by atoms with E-state index in [0.717, 1.165) is 6.07 Å². The van der Waals surface area contributed by atoms with Gasteiger partial charge in [-0.3, -0.25) is 19.7 Å². The first-order valence-corrected chi connectivity index (χ1v) is 10.1. The second kappa shape index (κ2) is 11.1. The lowest BCUT2D eigenvalue weighted by atomic mass is 10.2. The van der Waals surface area contributed by atoms with Gasteiger partial charge >= 0.3 is 0 Å². The quantitative estimate of drug-likeness (QED) is 0.271. The molecule has 0 aromatic heterocycles. The van der Waals surface area contributed by atoms with Crippen LogP contribution in [0.5, 0.6) is 5.75 Å². The number of ether oxygens (including phenoxy) is 1. The zero-order valence-electron chi connectivity index (χ0n) is 16.8. The highest BCUT2D eigenvalue weighted by Crippen LogP contribution is 2.25. The predicted molar refractivity (Wildman–Crippen MR) is 125 cm³/mol. The van der Waals surface area contributed by atoms with Gasteiger partial charge in [0, 0.05) is 22.3 Å². The van der Waals surface area contributed by atoms with Gasteiger partial charge in [-0.15, -0.1) is 0 Å². The third-order valence-corrected chi connectivity index (χ3v) is 4.70. The van der Waals surface area contributed by atoms with Crippen LogP contribution in [0.15, 0.2) is 71.8 Å². The number of carbonyl (C=O) groups is 2. The Morgan fingerprint density at radius 2 is 1.82 bits per heavy atom. The molecular formula is C22H16Cl2N4O5. The van der Waals surface area contributed by atoms with Crippen LogP contribution >= 0.6 is 23.2 Å². The van der Waals surface area contributed by atoms with E-state index in [2.05, 4.69) is 15.8 Å². The van der Waals surface area contributed by atoms with Crippen molar-refractivity contribution < 1.29 is 19.2 Å². The molecule has 0 radical (unpaired) electrons. The van der Waals surface area contributed by atoms with Crippen LogP contribution in [0.1, 0.15) is 15.9 Å². The van der Waals surface area contributed by atoms with Gasteiger partial charge in [-0.25, -0.2) is 5.43 Å². The van der Waals surface area contributed by atoms with Crippen LogP contribution in [-0.4, -0.2) is 29.6 Å². The second-order valence-corrected chi connectivity index (χ2v) is 7.38. The van der Waals surface area contributed by atoms with Gasteiger partial charge in [0.1, 0.15) is 10.8 Å². The average Bonchev–Trinajstić information content (AvgIpc) is 2.78. The number of hydrazone groups is 1. The van der Waals surface area contributed by atoms with Crippen molar-refractivity contribution >= 4 is 52.6 Å². The van der Waals surface area contributed by atoms with Crippen LogP contribution in [0.4, 0.5) is 11.4 Å². The van der Waals surface area contributed by atoms with Crippen LogP contribution in [-0.2, 0) is 4.79 Å². The molecule has 0 aliphatic rings. The van der Waals surface area contributed by atoms with E-state index in [9.17, 15) is 19.7 Å². The van der Waals surface area contributed by atoms with E-state index in [1.165, 1.54) is 18.3 Å². The highest BCUT2D eigenvalue weighted by molar-refractivity contribution is 6.32. The van der Waals surface area contributed by atoms with Crippen LogP contribution in [0.3, 0.4) is 0 Å². The number of nitro benzene ring substituents is 1. The Labute approximate surface area is 198 Å². The minimum absolute atomic E-state index is 0.0445. The summed E-state index contributed by atoms with van der Waals surface area (Å²) in [5, 5.41) is 17.9. The van der Waals surface area contributed by atoms with Crippen molar-refractivity contribution in [2.24, 2.45) is 5.10 Å². The Bertz CT molecular complexity index is 1220. The van der Waals surface area contributed by atoms with Gasteiger partial charge in [-0.2, -0.15) is 5.10 Å². The van der Waals surface area contributed by atoms with Crippen molar-refractivity contribution in [1.29, 1.82) is 0 Å². The van der Waals surface area contributed by atoms with Crippen molar-refractivity contribution in [2.75, 3.05) is 11.9 Å². The first kappa shape index (κ1) is 23.7. The SMILES string of the molecule is O=C(COc1ccc(/C=N\NC(=O)c2ccc(Cl)c([N+](=O)[O-])c2)cc1)Nc1cccc(Cl)c1. The van der Waals surface area contributed by atoms with Crippen molar-refractivity contribution in [3.8, 4) is 5.75 Å². The minimum atomic E-state index is -0.674. The molecule has 0 fully saturated rings. The zero-order chi connectivity index (χ0) is 23.8. The van der Waals surface area contributed by atoms with Crippen molar-refractivity contribution in [1.82, 2.24) is 5.43 Å². The molecule has 168 valence electrons. The maximum atomic E-state index is 12.1. The molecule has 11 heteroatoms. The van der Waals surface area contributed by atoms with Gasteiger partial charge in [0.15, 0.2) is 6.61 Å². The first-order valence-electron chi connectivity index (χ1n) is 9.37. The molecule has 9 nitrogen and oxygen atoms in total. The number of nitro groups is 1. The molecule has 2 amide bonds. The number of nitrogens with one attached hydrogen (secondary N) is 2. The summed E-state index contributed by atoms with van der Waals surface area (Å²) in [7, 11) is 0. The summed E-state index contributed by atoms with van der Waals surface area (Å²) in [6, 6.07) is 17.1. The normalized spacial score (nSPS) is 10.6. The third-order valence-electron chi connectivity index (χ3n) is 4.14. The summed E-state index contributed by atoms with van der Waals surface area (Å²) in [4.78, 5) is 34.3. The van der Waals surface area contributed by atoms with E-state index in [1.807, 2.05) is 0 Å². The van der Waals surface area contributed by atoms with Crippen LogP contribution < -0.4 is 15.5 Å². The van der Waals surface area contributed by atoms with Crippen molar-refractivity contribution in [3.05, 3.63) is 98.0 Å². The Morgan fingerprint density at radius 3 is 2.52 bits per heavy atom. The van der Waals surface area contributed by atoms with E-state index in [0.29, 0.717) is 22.0 Å². The van der Waals surface area contributed by atoms with Gasteiger partial charge in [0.25, 0.3) is 17.5 Å². The van der Waals surface area contributed by atoms with E-state index in [1.54, 1.807) is 48.5 Å². The fourth-order valence-electron chi connectivity index (χ4n) is 2.59. The molecule has 3 aromatic rings. The molecule has 0 saturated carbocycles. The number of carbonyl (C=O) groups excluding carboxylic acids is 2. The third kappa shape index (κ3) is 7.03. The monoisotopic (exact) mass is 486 g/mol. The average molecular weight is 487 g/mol. The topological polar surface area (TPSA) is 123 Å². The molecule has 0 aliphatic heterocycles. The number of halogens is 2. The van der Waals surface area contributed by atoms with E-state index >= 15 is 0 Å². The molecule has 3 aromatic carbocycles. The fourth-order valence-corrected chi connectivity index (χ4v) is 2.96. The van der Waals surface area contributed by atoms with E-state index in [4.69, 9.17) is 27.9 Å². The summed E-state index contributed by atoms with van der Waals surface area (Å²) < 4.78 is 5.44. The smallest absolute Gasteiger partial charge is 0.288 e. The molecule has 0 unspecified atom stereocenters. The van der Waals surface area contributed by atoms with E-state index < -0.39 is 10.8 Å². The molecule has 2 N–H and O–H groups in total. The summed E-state index contributed by atoms with van der Waals surface area (Å²) in [6.45, 7) is -0.191. The van der Waals surface area contributed by atoms with Crippen LogP contribution in [0.2, 0.25) is 10.0 Å². The standard InChI is InChI=1S/C22H16Cl2N4O5/c23-16-2-1-3-17(11-16)26-21(29)13-33-18-7-4-14(5-8-18)12-25-27-22(30)15-6-9-19(24)20(10-15)28(31)32/h1-12H,13H2,(H,26,29)(H,27,30)/b25-12-. The Morgan fingerprint density at radius 1 is 1.06 bits per heavy atom.